The second kappa shape index (κ2) is 5.41. The molecule has 4 heteroatoms. The van der Waals surface area contributed by atoms with Crippen LogP contribution in [0.1, 0.15) is 38.4 Å². The Morgan fingerprint density at radius 1 is 1.56 bits per heavy atom. The van der Waals surface area contributed by atoms with Crippen molar-refractivity contribution in [2.75, 3.05) is 33.7 Å². The topological polar surface area (TPSA) is 33.1 Å². The van der Waals surface area contributed by atoms with E-state index in [1.807, 2.05) is 6.33 Å². The molecule has 2 atom stereocenters. The van der Waals surface area contributed by atoms with Gasteiger partial charge in [-0.15, -0.1) is 0 Å². The van der Waals surface area contributed by atoms with Gasteiger partial charge < -0.3 is 14.8 Å². The molecular formula is C14H26N4. The first-order chi connectivity index (χ1) is 8.53. The lowest BCUT2D eigenvalue weighted by Crippen LogP contribution is -2.29. The lowest BCUT2D eigenvalue weighted by Gasteiger charge is -2.27. The Balaban J connectivity index is 2.12. The third kappa shape index (κ3) is 2.75. The van der Waals surface area contributed by atoms with Crippen molar-refractivity contribution >= 4 is 0 Å². The number of aromatic nitrogens is 2. The maximum absolute atomic E-state index is 4.38. The molecule has 0 aromatic carbocycles. The zero-order valence-electron chi connectivity index (χ0n) is 12.1. The molecule has 0 bridgehead atoms. The van der Waals surface area contributed by atoms with E-state index in [0.717, 1.165) is 19.6 Å². The highest BCUT2D eigenvalue weighted by molar-refractivity contribution is 5.18. The number of nitrogens with one attached hydrogen (secondary N) is 1. The maximum atomic E-state index is 4.38. The van der Waals surface area contributed by atoms with Gasteiger partial charge in [0.25, 0.3) is 0 Å². The smallest absolute Gasteiger partial charge is 0.0950 e. The standard InChI is InChI=1S/C14H26N4/c1-12(5-8-17(3)4)18-11-16-9-13(18)14(2)6-7-15-10-14/h9,11-12,15H,5-8,10H2,1-4H3. The average molecular weight is 250 g/mol. The van der Waals surface area contributed by atoms with Crippen LogP contribution in [0.3, 0.4) is 0 Å². The molecule has 1 aliphatic heterocycles. The van der Waals surface area contributed by atoms with Crippen molar-refractivity contribution in [3.8, 4) is 0 Å². The highest BCUT2D eigenvalue weighted by Crippen LogP contribution is 2.31. The minimum Gasteiger partial charge on any atom is -0.331 e. The molecule has 1 aromatic rings. The van der Waals surface area contributed by atoms with E-state index in [2.05, 4.69) is 53.9 Å². The molecule has 2 heterocycles. The number of hydrogen-bond acceptors (Lipinski definition) is 3. The first-order valence-corrected chi connectivity index (χ1v) is 6.91. The Morgan fingerprint density at radius 3 is 2.94 bits per heavy atom. The second-order valence-electron chi connectivity index (χ2n) is 6.11. The fourth-order valence-corrected chi connectivity index (χ4v) is 2.74. The Kier molecular flexibility index (Phi) is 4.07. The van der Waals surface area contributed by atoms with Crippen molar-refractivity contribution in [3.05, 3.63) is 18.2 Å². The van der Waals surface area contributed by atoms with E-state index in [-0.39, 0.29) is 5.41 Å². The molecular weight excluding hydrogens is 224 g/mol. The lowest BCUT2D eigenvalue weighted by atomic mass is 9.86. The highest BCUT2D eigenvalue weighted by atomic mass is 15.1. The van der Waals surface area contributed by atoms with Gasteiger partial charge in [-0.2, -0.15) is 0 Å². The van der Waals surface area contributed by atoms with E-state index in [0.29, 0.717) is 6.04 Å². The molecule has 0 saturated carbocycles. The predicted octanol–water partition coefficient (Wildman–Crippen LogP) is 1.65. The lowest BCUT2D eigenvalue weighted by molar-refractivity contribution is 0.345. The zero-order chi connectivity index (χ0) is 13.2. The van der Waals surface area contributed by atoms with Gasteiger partial charge in [0.1, 0.15) is 0 Å². The first-order valence-electron chi connectivity index (χ1n) is 6.91. The summed E-state index contributed by atoms with van der Waals surface area (Å²) in [7, 11) is 4.26. The molecule has 2 unspecified atom stereocenters. The Labute approximate surface area is 110 Å². The average Bonchev–Trinajstić information content (AvgIpc) is 2.94. The fourth-order valence-electron chi connectivity index (χ4n) is 2.74. The number of hydrogen-bond donors (Lipinski definition) is 1. The van der Waals surface area contributed by atoms with Gasteiger partial charge in [0.05, 0.1) is 6.33 Å². The minimum atomic E-state index is 0.253. The summed E-state index contributed by atoms with van der Waals surface area (Å²) in [4.78, 5) is 6.62. The van der Waals surface area contributed by atoms with E-state index in [4.69, 9.17) is 0 Å². The summed E-state index contributed by atoms with van der Waals surface area (Å²) in [5.41, 5.74) is 1.64. The molecule has 102 valence electrons. The van der Waals surface area contributed by atoms with E-state index >= 15 is 0 Å². The molecule has 4 nitrogen and oxygen atoms in total. The Bertz CT molecular complexity index is 377. The van der Waals surface area contributed by atoms with Crippen molar-refractivity contribution in [2.45, 2.75) is 38.1 Å². The SMILES string of the molecule is CC(CCN(C)C)n1cncc1C1(C)CCNC1. The van der Waals surface area contributed by atoms with Crippen LogP contribution in [0.5, 0.6) is 0 Å². The molecule has 18 heavy (non-hydrogen) atoms. The first kappa shape index (κ1) is 13.6. The minimum absolute atomic E-state index is 0.253. The monoisotopic (exact) mass is 250 g/mol. The van der Waals surface area contributed by atoms with Crippen molar-refractivity contribution < 1.29 is 0 Å². The molecule has 0 radical (unpaired) electrons. The summed E-state index contributed by atoms with van der Waals surface area (Å²) in [6, 6.07) is 0.516. The summed E-state index contributed by atoms with van der Waals surface area (Å²) >= 11 is 0. The van der Waals surface area contributed by atoms with Gasteiger partial charge in [-0.25, -0.2) is 4.98 Å². The number of nitrogens with zero attached hydrogens (tertiary/aromatic N) is 3. The highest BCUT2D eigenvalue weighted by Gasteiger charge is 2.33. The van der Waals surface area contributed by atoms with Crippen molar-refractivity contribution in [1.82, 2.24) is 19.8 Å². The Hall–Kier alpha value is -0.870. The van der Waals surface area contributed by atoms with Crippen LogP contribution in [-0.2, 0) is 5.41 Å². The fraction of sp³-hybridized carbons (Fsp3) is 0.786. The molecule has 0 amide bonds. The predicted molar refractivity (Wildman–Crippen MR) is 74.9 cm³/mol. The van der Waals surface area contributed by atoms with E-state index in [1.165, 1.54) is 18.5 Å². The summed E-state index contributed by atoms with van der Waals surface area (Å²) in [6.07, 6.45) is 6.43. The van der Waals surface area contributed by atoms with Crippen LogP contribution in [0.2, 0.25) is 0 Å². The van der Waals surface area contributed by atoms with Crippen LogP contribution < -0.4 is 5.32 Å². The number of imidazole rings is 1. The van der Waals surface area contributed by atoms with Gasteiger partial charge in [-0.3, -0.25) is 0 Å². The van der Waals surface area contributed by atoms with Gasteiger partial charge >= 0.3 is 0 Å². The third-order valence-corrected chi connectivity index (χ3v) is 4.12. The van der Waals surface area contributed by atoms with Gasteiger partial charge in [0.15, 0.2) is 0 Å². The van der Waals surface area contributed by atoms with Crippen LogP contribution in [0, 0.1) is 0 Å². The Morgan fingerprint density at radius 2 is 2.33 bits per heavy atom. The molecule has 1 aliphatic rings. The molecule has 0 spiro atoms. The number of rotatable bonds is 5. The molecule has 1 fully saturated rings. The van der Waals surface area contributed by atoms with Crippen molar-refractivity contribution in [2.24, 2.45) is 0 Å². The second-order valence-corrected chi connectivity index (χ2v) is 6.11. The van der Waals surface area contributed by atoms with E-state index in [1.54, 1.807) is 0 Å². The largest absolute Gasteiger partial charge is 0.331 e. The quantitative estimate of drug-likeness (QED) is 0.862. The normalized spacial score (nSPS) is 25.8. The molecule has 1 aromatic heterocycles. The molecule has 0 aliphatic carbocycles. The van der Waals surface area contributed by atoms with E-state index in [9.17, 15) is 0 Å². The maximum Gasteiger partial charge on any atom is 0.0950 e. The summed E-state index contributed by atoms with van der Waals surface area (Å²) < 4.78 is 2.37. The van der Waals surface area contributed by atoms with Gasteiger partial charge in [-0.1, -0.05) is 6.92 Å². The van der Waals surface area contributed by atoms with Gasteiger partial charge in [0.2, 0.25) is 0 Å². The van der Waals surface area contributed by atoms with Crippen molar-refractivity contribution in [1.29, 1.82) is 0 Å². The summed E-state index contributed by atoms with van der Waals surface area (Å²) in [5, 5.41) is 3.47. The van der Waals surface area contributed by atoms with Gasteiger partial charge in [0, 0.05) is 29.9 Å². The van der Waals surface area contributed by atoms with E-state index < -0.39 is 0 Å². The third-order valence-electron chi connectivity index (χ3n) is 4.12. The van der Waals surface area contributed by atoms with Crippen molar-refractivity contribution in [3.63, 3.8) is 0 Å². The summed E-state index contributed by atoms with van der Waals surface area (Å²) in [6.45, 7) is 7.94. The molecule has 2 rings (SSSR count). The van der Waals surface area contributed by atoms with Crippen LogP contribution in [0.25, 0.3) is 0 Å². The summed E-state index contributed by atoms with van der Waals surface area (Å²) in [5.74, 6) is 0. The molecule has 1 N–H and O–H groups in total. The van der Waals surface area contributed by atoms with Crippen LogP contribution in [0.4, 0.5) is 0 Å². The van der Waals surface area contributed by atoms with Crippen LogP contribution >= 0.6 is 0 Å². The molecule has 1 saturated heterocycles. The van der Waals surface area contributed by atoms with Crippen LogP contribution in [-0.4, -0.2) is 48.2 Å². The van der Waals surface area contributed by atoms with Gasteiger partial charge in [-0.05, 0) is 47.0 Å². The van der Waals surface area contributed by atoms with Crippen LogP contribution in [0.15, 0.2) is 12.5 Å². The zero-order valence-corrected chi connectivity index (χ0v) is 12.1.